The minimum absolute atomic E-state index is 0.189. The van der Waals surface area contributed by atoms with E-state index in [9.17, 15) is 8.78 Å². The van der Waals surface area contributed by atoms with Gasteiger partial charge in [0.05, 0.1) is 0 Å². The quantitative estimate of drug-likeness (QED) is 0.573. The monoisotopic (exact) mass is 262 g/mol. The molecule has 0 atom stereocenters. The molecule has 0 aromatic heterocycles. The predicted octanol–water partition coefficient (Wildman–Crippen LogP) is 1.45. The van der Waals surface area contributed by atoms with Crippen LogP contribution in [0.15, 0.2) is 18.2 Å². The Labute approximate surface area is 102 Å². The van der Waals surface area contributed by atoms with Crippen molar-refractivity contribution in [2.75, 3.05) is 13.2 Å². The van der Waals surface area contributed by atoms with Crippen molar-refractivity contribution in [2.45, 2.75) is 19.8 Å². The third kappa shape index (κ3) is 3.32. The van der Waals surface area contributed by atoms with E-state index >= 15 is 0 Å². The molecule has 0 fully saturated rings. The van der Waals surface area contributed by atoms with Crippen molar-refractivity contribution in [3.05, 3.63) is 35.4 Å². The number of rotatable bonds is 6. The number of hydrogen-bond donors (Lipinski definition) is 0. The zero-order valence-electron chi connectivity index (χ0n) is 10.1. The highest BCUT2D eigenvalue weighted by Crippen LogP contribution is 2.29. The summed E-state index contributed by atoms with van der Waals surface area (Å²) in [6.07, 6.45) is 0. The Balaban J connectivity index is 3.18. The van der Waals surface area contributed by atoms with Crippen molar-refractivity contribution < 1.29 is 22.7 Å². The summed E-state index contributed by atoms with van der Waals surface area (Å²) in [5.41, 5.74) is 0.189. The number of benzene rings is 1. The zero-order chi connectivity index (χ0) is 12.9. The lowest BCUT2D eigenvalue weighted by Crippen LogP contribution is -2.36. The van der Waals surface area contributed by atoms with Crippen molar-refractivity contribution in [3.63, 3.8) is 0 Å². The Hall–Kier alpha value is -0.823. The molecule has 6 heteroatoms. The summed E-state index contributed by atoms with van der Waals surface area (Å²) in [5.74, 6) is -2.89. The van der Waals surface area contributed by atoms with E-state index in [1.165, 1.54) is 0 Å². The molecule has 0 saturated carbocycles. The van der Waals surface area contributed by atoms with Crippen LogP contribution in [0.5, 0.6) is 0 Å². The summed E-state index contributed by atoms with van der Waals surface area (Å²) in [7, 11) is 0.310. The highest BCUT2D eigenvalue weighted by Gasteiger charge is 2.34. The average Bonchev–Trinajstić information content (AvgIpc) is 2.27. The van der Waals surface area contributed by atoms with E-state index in [1.54, 1.807) is 13.8 Å². The molecular formula is C11H16F2O3Si. The minimum Gasteiger partial charge on any atom is -0.376 e. The highest BCUT2D eigenvalue weighted by molar-refractivity contribution is 5.98. The molecule has 0 heterocycles. The molecule has 0 amide bonds. The third-order valence-corrected chi connectivity index (χ3v) is 2.69. The van der Waals surface area contributed by atoms with Crippen molar-refractivity contribution in [2.24, 2.45) is 0 Å². The molecule has 0 radical (unpaired) electrons. The fraction of sp³-hybridized carbons (Fsp3) is 0.455. The van der Waals surface area contributed by atoms with E-state index in [-0.39, 0.29) is 5.56 Å². The molecule has 96 valence electrons. The van der Waals surface area contributed by atoms with Crippen molar-refractivity contribution in [1.29, 1.82) is 0 Å². The van der Waals surface area contributed by atoms with Crippen LogP contribution in [0.1, 0.15) is 19.4 Å². The van der Waals surface area contributed by atoms with Crippen LogP contribution in [0.25, 0.3) is 0 Å². The number of hydrogen-bond acceptors (Lipinski definition) is 3. The normalized spacial score (nSPS) is 12.0. The van der Waals surface area contributed by atoms with Gasteiger partial charge in [-0.2, -0.15) is 0 Å². The van der Waals surface area contributed by atoms with Gasteiger partial charge >= 0.3 is 5.97 Å². The first-order valence-electron chi connectivity index (χ1n) is 5.37. The van der Waals surface area contributed by atoms with Gasteiger partial charge in [-0.3, -0.25) is 0 Å². The van der Waals surface area contributed by atoms with Gasteiger partial charge in [0.25, 0.3) is 0 Å². The predicted molar refractivity (Wildman–Crippen MR) is 62.3 cm³/mol. The van der Waals surface area contributed by atoms with Crippen LogP contribution in [0.3, 0.4) is 0 Å². The van der Waals surface area contributed by atoms with Gasteiger partial charge in [0.2, 0.25) is 0 Å². The smallest absolute Gasteiger partial charge is 0.301 e. The molecule has 0 bridgehead atoms. The molecule has 1 aromatic rings. The van der Waals surface area contributed by atoms with E-state index in [1.807, 2.05) is 0 Å². The average molecular weight is 262 g/mol. The standard InChI is InChI=1S/C11H16F2O3Si/c1-3-14-11(16-17,15-4-2)8-5-9(12)7-10(13)6-8/h5-7H,3-4H2,1-2,17H3. The lowest BCUT2D eigenvalue weighted by molar-refractivity contribution is -0.353. The molecule has 3 nitrogen and oxygen atoms in total. The fourth-order valence-corrected chi connectivity index (χ4v) is 2.03. The first-order chi connectivity index (χ1) is 8.07. The van der Waals surface area contributed by atoms with Gasteiger partial charge in [-0.25, -0.2) is 8.78 Å². The molecule has 0 aliphatic heterocycles. The molecule has 0 aliphatic rings. The maximum atomic E-state index is 13.2. The summed E-state index contributed by atoms with van der Waals surface area (Å²) >= 11 is 0. The maximum absolute atomic E-state index is 13.2. The molecule has 1 rings (SSSR count). The van der Waals surface area contributed by atoms with Gasteiger partial charge in [-0.1, -0.05) is 0 Å². The first-order valence-corrected chi connectivity index (χ1v) is 6.19. The van der Waals surface area contributed by atoms with Gasteiger partial charge in [-0.15, -0.1) is 0 Å². The van der Waals surface area contributed by atoms with Crippen LogP contribution in [-0.4, -0.2) is 23.7 Å². The molecule has 0 aliphatic carbocycles. The second-order valence-corrected chi connectivity index (χ2v) is 3.69. The second-order valence-electron chi connectivity index (χ2n) is 3.28. The highest BCUT2D eigenvalue weighted by atomic mass is 28.2. The minimum atomic E-state index is -1.50. The van der Waals surface area contributed by atoms with Crippen molar-refractivity contribution >= 4 is 10.5 Å². The van der Waals surface area contributed by atoms with Gasteiger partial charge in [-0.05, 0) is 26.0 Å². The first kappa shape index (κ1) is 14.2. The van der Waals surface area contributed by atoms with E-state index in [2.05, 4.69) is 0 Å². The van der Waals surface area contributed by atoms with Gasteiger partial charge in [0, 0.05) is 24.8 Å². The molecular weight excluding hydrogens is 246 g/mol. The van der Waals surface area contributed by atoms with Gasteiger partial charge in [0.1, 0.15) is 11.6 Å². The number of ether oxygens (including phenoxy) is 2. The van der Waals surface area contributed by atoms with Crippen LogP contribution in [-0.2, 0) is 19.9 Å². The summed E-state index contributed by atoms with van der Waals surface area (Å²) in [4.78, 5) is 0. The number of halogens is 2. The van der Waals surface area contributed by atoms with Gasteiger partial charge in [0.15, 0.2) is 10.5 Å². The summed E-state index contributed by atoms with van der Waals surface area (Å²) in [6, 6.07) is 3.08. The van der Waals surface area contributed by atoms with Crippen molar-refractivity contribution in [1.82, 2.24) is 0 Å². The molecule has 0 spiro atoms. The largest absolute Gasteiger partial charge is 0.376 e. The lowest BCUT2D eigenvalue weighted by Gasteiger charge is -2.32. The van der Waals surface area contributed by atoms with Crippen LogP contribution < -0.4 is 0 Å². The molecule has 17 heavy (non-hydrogen) atoms. The van der Waals surface area contributed by atoms with Crippen LogP contribution in [0.2, 0.25) is 0 Å². The van der Waals surface area contributed by atoms with Crippen LogP contribution in [0, 0.1) is 11.6 Å². The maximum Gasteiger partial charge on any atom is 0.301 e. The SMILES string of the molecule is CCOC(O[SiH3])(OCC)c1cc(F)cc(F)c1. The van der Waals surface area contributed by atoms with E-state index < -0.39 is 17.6 Å². The lowest BCUT2D eigenvalue weighted by atomic mass is 10.1. The second kappa shape index (κ2) is 6.20. The van der Waals surface area contributed by atoms with E-state index in [0.29, 0.717) is 23.7 Å². The Morgan fingerprint density at radius 1 is 1.06 bits per heavy atom. The summed E-state index contributed by atoms with van der Waals surface area (Å²) in [5, 5.41) is 0. The third-order valence-electron chi connectivity index (χ3n) is 2.15. The van der Waals surface area contributed by atoms with E-state index in [4.69, 9.17) is 13.9 Å². The van der Waals surface area contributed by atoms with Crippen LogP contribution >= 0.6 is 0 Å². The van der Waals surface area contributed by atoms with E-state index in [0.717, 1.165) is 18.2 Å². The summed E-state index contributed by atoms with van der Waals surface area (Å²) in [6.45, 7) is 4.12. The molecule has 0 N–H and O–H groups in total. The molecule has 1 aromatic carbocycles. The summed E-state index contributed by atoms with van der Waals surface area (Å²) < 4.78 is 42.4. The molecule has 0 unspecified atom stereocenters. The van der Waals surface area contributed by atoms with Crippen molar-refractivity contribution in [3.8, 4) is 0 Å². The topological polar surface area (TPSA) is 27.7 Å². The Morgan fingerprint density at radius 3 is 1.88 bits per heavy atom. The Kier molecular flexibility index (Phi) is 5.19. The van der Waals surface area contributed by atoms with Gasteiger partial charge < -0.3 is 13.9 Å². The van der Waals surface area contributed by atoms with Crippen LogP contribution in [0.4, 0.5) is 8.78 Å². The zero-order valence-corrected chi connectivity index (χ0v) is 12.1. The fourth-order valence-electron chi connectivity index (χ4n) is 1.55. The Bertz CT molecular complexity index is 347. The molecule has 0 saturated heterocycles. The Morgan fingerprint density at radius 2 is 1.53 bits per heavy atom.